The van der Waals surface area contributed by atoms with Crippen molar-refractivity contribution in [1.82, 2.24) is 15.0 Å². The zero-order chi connectivity index (χ0) is 12.4. The molecule has 0 aliphatic carbocycles. The Balaban J connectivity index is 2.00. The van der Waals surface area contributed by atoms with E-state index in [1.807, 2.05) is 18.2 Å². The maximum Gasteiger partial charge on any atom is 0.137 e. The molecule has 0 aliphatic rings. The summed E-state index contributed by atoms with van der Waals surface area (Å²) in [7, 11) is 0. The van der Waals surface area contributed by atoms with Gasteiger partial charge in [0, 0.05) is 23.5 Å². The van der Waals surface area contributed by atoms with Crippen molar-refractivity contribution in [2.24, 2.45) is 0 Å². The van der Waals surface area contributed by atoms with Crippen molar-refractivity contribution in [2.45, 2.75) is 0 Å². The summed E-state index contributed by atoms with van der Waals surface area (Å²) in [6.45, 7) is 0. The second kappa shape index (κ2) is 4.41. The summed E-state index contributed by atoms with van der Waals surface area (Å²) in [6.07, 6.45) is 5.19. The minimum absolute atomic E-state index is 0.271. The van der Waals surface area contributed by atoms with E-state index in [-0.39, 0.29) is 5.82 Å². The highest BCUT2D eigenvalue weighted by molar-refractivity contribution is 5.63. The largest absolute Gasteiger partial charge is 0.338 e. The summed E-state index contributed by atoms with van der Waals surface area (Å²) < 4.78 is 13.1. The summed E-state index contributed by atoms with van der Waals surface area (Å²) in [5.41, 5.74) is 2.54. The van der Waals surface area contributed by atoms with Crippen LogP contribution in [0.5, 0.6) is 0 Å². The van der Waals surface area contributed by atoms with Crippen molar-refractivity contribution in [1.29, 1.82) is 0 Å². The van der Waals surface area contributed by atoms with Crippen LogP contribution in [0.15, 0.2) is 55.0 Å². The van der Waals surface area contributed by atoms with Crippen LogP contribution in [-0.4, -0.2) is 15.0 Å². The van der Waals surface area contributed by atoms with Gasteiger partial charge in [-0.25, -0.2) is 9.37 Å². The highest BCUT2D eigenvalue weighted by atomic mass is 19.1. The number of nitrogens with zero attached hydrogens (tertiary/aromatic N) is 2. The maximum atomic E-state index is 13.1. The molecule has 0 radical (unpaired) electrons. The minimum Gasteiger partial charge on any atom is -0.338 e. The summed E-state index contributed by atoms with van der Waals surface area (Å²) in [6, 6.07) is 10.1. The SMILES string of the molecule is Fc1cccc(-c2ncc(-c3cccnc3)[nH]2)c1. The van der Waals surface area contributed by atoms with Crippen molar-refractivity contribution in [3.05, 3.63) is 60.8 Å². The number of aromatic nitrogens is 3. The molecule has 0 unspecified atom stereocenters. The van der Waals surface area contributed by atoms with Crippen molar-refractivity contribution in [2.75, 3.05) is 0 Å². The zero-order valence-corrected chi connectivity index (χ0v) is 9.47. The Morgan fingerprint density at radius 2 is 1.89 bits per heavy atom. The molecule has 0 saturated heterocycles. The molecule has 4 heteroatoms. The Bertz CT molecular complexity index is 662. The molecule has 88 valence electrons. The molecule has 0 atom stereocenters. The molecule has 3 nitrogen and oxygen atoms in total. The molecule has 1 N–H and O–H groups in total. The fourth-order valence-electron chi connectivity index (χ4n) is 1.77. The van der Waals surface area contributed by atoms with Crippen LogP contribution in [0.1, 0.15) is 0 Å². The Labute approximate surface area is 103 Å². The molecule has 3 rings (SSSR count). The van der Waals surface area contributed by atoms with Gasteiger partial charge in [0.2, 0.25) is 0 Å². The van der Waals surface area contributed by atoms with Crippen LogP contribution in [0.4, 0.5) is 4.39 Å². The summed E-state index contributed by atoms with van der Waals surface area (Å²) >= 11 is 0. The van der Waals surface area contributed by atoms with E-state index in [9.17, 15) is 4.39 Å². The number of imidazole rings is 1. The second-order valence-electron chi connectivity index (χ2n) is 3.90. The van der Waals surface area contributed by atoms with Gasteiger partial charge in [-0.15, -0.1) is 0 Å². The summed E-state index contributed by atoms with van der Waals surface area (Å²) in [5.74, 6) is 0.375. The Morgan fingerprint density at radius 1 is 1.00 bits per heavy atom. The summed E-state index contributed by atoms with van der Waals surface area (Å²) in [5, 5.41) is 0. The number of nitrogens with one attached hydrogen (secondary N) is 1. The predicted molar refractivity (Wildman–Crippen MR) is 67.2 cm³/mol. The van der Waals surface area contributed by atoms with E-state index in [2.05, 4.69) is 15.0 Å². The van der Waals surface area contributed by atoms with E-state index in [1.165, 1.54) is 12.1 Å². The number of rotatable bonds is 2. The van der Waals surface area contributed by atoms with E-state index in [0.29, 0.717) is 5.82 Å². The molecule has 2 aromatic heterocycles. The van der Waals surface area contributed by atoms with E-state index >= 15 is 0 Å². The Hall–Kier alpha value is -2.49. The standard InChI is InChI=1S/C14H10FN3/c15-12-5-1-3-10(7-12)14-17-9-13(18-14)11-4-2-6-16-8-11/h1-9H,(H,17,18). The monoisotopic (exact) mass is 239 g/mol. The van der Waals surface area contributed by atoms with Crippen LogP contribution in [0.3, 0.4) is 0 Å². The molecule has 0 spiro atoms. The molecule has 2 heterocycles. The maximum absolute atomic E-state index is 13.1. The first-order chi connectivity index (χ1) is 8.83. The van der Waals surface area contributed by atoms with Crippen LogP contribution in [0, 0.1) is 5.82 Å². The van der Waals surface area contributed by atoms with E-state index < -0.39 is 0 Å². The quantitative estimate of drug-likeness (QED) is 0.745. The van der Waals surface area contributed by atoms with Gasteiger partial charge in [0.15, 0.2) is 0 Å². The van der Waals surface area contributed by atoms with Gasteiger partial charge in [-0.2, -0.15) is 0 Å². The molecule has 0 bridgehead atoms. The average Bonchev–Trinajstić information content (AvgIpc) is 2.89. The van der Waals surface area contributed by atoms with Gasteiger partial charge < -0.3 is 4.98 Å². The molecule has 0 aliphatic heterocycles. The lowest BCUT2D eigenvalue weighted by molar-refractivity contribution is 0.628. The van der Waals surface area contributed by atoms with Crippen molar-refractivity contribution in [3.8, 4) is 22.6 Å². The number of H-pyrrole nitrogens is 1. The normalized spacial score (nSPS) is 10.5. The third-order valence-electron chi connectivity index (χ3n) is 2.65. The average molecular weight is 239 g/mol. The van der Waals surface area contributed by atoms with Gasteiger partial charge in [0.25, 0.3) is 0 Å². The molecule has 0 saturated carbocycles. The molecular formula is C14H10FN3. The van der Waals surface area contributed by atoms with Gasteiger partial charge in [-0.05, 0) is 24.3 Å². The van der Waals surface area contributed by atoms with Crippen molar-refractivity contribution < 1.29 is 4.39 Å². The topological polar surface area (TPSA) is 41.6 Å². The molecule has 3 aromatic rings. The minimum atomic E-state index is -0.271. The fourth-order valence-corrected chi connectivity index (χ4v) is 1.77. The van der Waals surface area contributed by atoms with Crippen LogP contribution in [0.2, 0.25) is 0 Å². The van der Waals surface area contributed by atoms with Crippen LogP contribution in [0.25, 0.3) is 22.6 Å². The fraction of sp³-hybridized carbons (Fsp3) is 0. The van der Waals surface area contributed by atoms with E-state index in [1.54, 1.807) is 24.7 Å². The number of aromatic amines is 1. The predicted octanol–water partition coefficient (Wildman–Crippen LogP) is 3.28. The number of benzene rings is 1. The van der Waals surface area contributed by atoms with Crippen molar-refractivity contribution in [3.63, 3.8) is 0 Å². The molecule has 18 heavy (non-hydrogen) atoms. The van der Waals surface area contributed by atoms with E-state index in [4.69, 9.17) is 0 Å². The lowest BCUT2D eigenvalue weighted by Crippen LogP contribution is -1.83. The molecule has 1 aromatic carbocycles. The highest BCUT2D eigenvalue weighted by Crippen LogP contribution is 2.21. The Kier molecular flexibility index (Phi) is 2.61. The van der Waals surface area contributed by atoms with Gasteiger partial charge in [0.1, 0.15) is 11.6 Å². The molecule has 0 amide bonds. The van der Waals surface area contributed by atoms with Gasteiger partial charge in [-0.1, -0.05) is 12.1 Å². The number of hydrogen-bond donors (Lipinski definition) is 1. The first kappa shape index (κ1) is 10.7. The van der Waals surface area contributed by atoms with Crippen LogP contribution < -0.4 is 0 Å². The molecular weight excluding hydrogens is 229 g/mol. The number of hydrogen-bond acceptors (Lipinski definition) is 2. The van der Waals surface area contributed by atoms with Crippen molar-refractivity contribution >= 4 is 0 Å². The lowest BCUT2D eigenvalue weighted by atomic mass is 10.2. The smallest absolute Gasteiger partial charge is 0.137 e. The second-order valence-corrected chi connectivity index (χ2v) is 3.90. The number of pyridine rings is 1. The third kappa shape index (κ3) is 2.00. The van der Waals surface area contributed by atoms with E-state index in [0.717, 1.165) is 16.8 Å². The lowest BCUT2D eigenvalue weighted by Gasteiger charge is -1.97. The van der Waals surface area contributed by atoms with Crippen LogP contribution in [-0.2, 0) is 0 Å². The zero-order valence-electron chi connectivity index (χ0n) is 9.47. The first-order valence-corrected chi connectivity index (χ1v) is 5.54. The van der Waals surface area contributed by atoms with Crippen LogP contribution >= 0.6 is 0 Å². The highest BCUT2D eigenvalue weighted by Gasteiger charge is 2.05. The Morgan fingerprint density at radius 3 is 2.67 bits per heavy atom. The first-order valence-electron chi connectivity index (χ1n) is 5.54. The summed E-state index contributed by atoms with van der Waals surface area (Å²) in [4.78, 5) is 11.5. The van der Waals surface area contributed by atoms with Gasteiger partial charge in [0.05, 0.1) is 11.9 Å². The van der Waals surface area contributed by atoms with Gasteiger partial charge >= 0.3 is 0 Å². The number of halogens is 1. The van der Waals surface area contributed by atoms with Gasteiger partial charge in [-0.3, -0.25) is 4.98 Å². The molecule has 0 fully saturated rings. The third-order valence-corrected chi connectivity index (χ3v) is 2.65.